The van der Waals surface area contributed by atoms with Gasteiger partial charge in [-0.2, -0.15) is 0 Å². The van der Waals surface area contributed by atoms with Crippen LogP contribution < -0.4 is 5.32 Å². The van der Waals surface area contributed by atoms with Crippen LogP contribution in [0.25, 0.3) is 0 Å². The van der Waals surface area contributed by atoms with Crippen molar-refractivity contribution in [1.82, 2.24) is 10.2 Å². The maximum absolute atomic E-state index is 3.65. The minimum absolute atomic E-state index is 0.491. The van der Waals surface area contributed by atoms with Crippen LogP contribution >= 0.6 is 15.9 Å². The Bertz CT molecular complexity index is 376. The molecule has 0 amide bonds. The van der Waals surface area contributed by atoms with Gasteiger partial charge >= 0.3 is 0 Å². The van der Waals surface area contributed by atoms with Crippen LogP contribution in [0.2, 0.25) is 0 Å². The van der Waals surface area contributed by atoms with Gasteiger partial charge in [0.05, 0.1) is 0 Å². The molecule has 1 N–H and O–H groups in total. The molecule has 1 saturated heterocycles. The second-order valence-electron chi connectivity index (χ2n) is 4.75. The second-order valence-corrected chi connectivity index (χ2v) is 5.61. The molecule has 1 unspecified atom stereocenters. The molecule has 3 heteroatoms. The van der Waals surface area contributed by atoms with Crippen LogP contribution in [0.5, 0.6) is 0 Å². The zero-order valence-electron chi connectivity index (χ0n) is 9.32. The highest BCUT2D eigenvalue weighted by molar-refractivity contribution is 9.10. The number of nitrogens with zero attached hydrogens (tertiary/aromatic N) is 1. The lowest BCUT2D eigenvalue weighted by molar-refractivity contribution is 0.192. The molecular weight excluding hydrogens is 264 g/mol. The number of hydrogen-bond donors (Lipinski definition) is 1. The summed E-state index contributed by atoms with van der Waals surface area (Å²) in [5.41, 5.74) is 1.40. The fraction of sp³-hybridized carbons (Fsp3) is 0.538. The Morgan fingerprint density at radius 3 is 2.81 bits per heavy atom. The van der Waals surface area contributed by atoms with E-state index in [0.717, 1.165) is 19.1 Å². The SMILES string of the molecule is Brc1ccccc1C1CN(C2CC2)CCN1. The van der Waals surface area contributed by atoms with Gasteiger partial charge in [0.2, 0.25) is 0 Å². The van der Waals surface area contributed by atoms with Gasteiger partial charge in [-0.1, -0.05) is 34.1 Å². The molecule has 3 rings (SSSR count). The van der Waals surface area contributed by atoms with E-state index in [0.29, 0.717) is 6.04 Å². The first-order valence-electron chi connectivity index (χ1n) is 6.06. The van der Waals surface area contributed by atoms with Crippen LogP contribution in [0.1, 0.15) is 24.4 Å². The van der Waals surface area contributed by atoms with Crippen molar-refractivity contribution in [3.8, 4) is 0 Å². The Morgan fingerprint density at radius 2 is 2.06 bits per heavy atom. The fourth-order valence-corrected chi connectivity index (χ4v) is 3.07. The third-order valence-corrected chi connectivity index (χ3v) is 4.27. The van der Waals surface area contributed by atoms with Gasteiger partial charge in [0.1, 0.15) is 0 Å². The minimum Gasteiger partial charge on any atom is -0.308 e. The summed E-state index contributed by atoms with van der Waals surface area (Å²) < 4.78 is 1.23. The molecule has 1 heterocycles. The largest absolute Gasteiger partial charge is 0.308 e. The van der Waals surface area contributed by atoms with Gasteiger partial charge in [0.25, 0.3) is 0 Å². The molecule has 1 aromatic rings. The molecule has 0 spiro atoms. The van der Waals surface area contributed by atoms with Crippen molar-refractivity contribution in [3.05, 3.63) is 34.3 Å². The van der Waals surface area contributed by atoms with Gasteiger partial charge in [-0.15, -0.1) is 0 Å². The average molecular weight is 281 g/mol. The third kappa shape index (κ3) is 2.17. The van der Waals surface area contributed by atoms with E-state index in [4.69, 9.17) is 0 Å². The van der Waals surface area contributed by atoms with Gasteiger partial charge in [0.15, 0.2) is 0 Å². The topological polar surface area (TPSA) is 15.3 Å². The van der Waals surface area contributed by atoms with Gasteiger partial charge in [-0.3, -0.25) is 4.90 Å². The van der Waals surface area contributed by atoms with E-state index >= 15 is 0 Å². The maximum atomic E-state index is 3.65. The maximum Gasteiger partial charge on any atom is 0.0461 e. The summed E-state index contributed by atoms with van der Waals surface area (Å²) in [4.78, 5) is 2.64. The monoisotopic (exact) mass is 280 g/mol. The first kappa shape index (κ1) is 10.8. The Hall–Kier alpha value is -0.380. The van der Waals surface area contributed by atoms with Crippen LogP contribution in [0.3, 0.4) is 0 Å². The molecule has 2 aliphatic rings. The molecule has 86 valence electrons. The van der Waals surface area contributed by atoms with E-state index in [1.807, 2.05) is 0 Å². The van der Waals surface area contributed by atoms with E-state index in [2.05, 4.69) is 50.4 Å². The number of hydrogen-bond acceptors (Lipinski definition) is 2. The summed E-state index contributed by atoms with van der Waals surface area (Å²) in [6.07, 6.45) is 2.81. The quantitative estimate of drug-likeness (QED) is 0.896. The highest BCUT2D eigenvalue weighted by atomic mass is 79.9. The van der Waals surface area contributed by atoms with Crippen molar-refractivity contribution in [1.29, 1.82) is 0 Å². The summed E-state index contributed by atoms with van der Waals surface area (Å²) in [5.74, 6) is 0. The smallest absolute Gasteiger partial charge is 0.0461 e. The van der Waals surface area contributed by atoms with E-state index < -0.39 is 0 Å². The number of benzene rings is 1. The van der Waals surface area contributed by atoms with E-state index in [1.54, 1.807) is 0 Å². The van der Waals surface area contributed by atoms with Crippen LogP contribution in [-0.2, 0) is 0 Å². The van der Waals surface area contributed by atoms with E-state index in [-0.39, 0.29) is 0 Å². The molecule has 1 aliphatic carbocycles. The van der Waals surface area contributed by atoms with Crippen molar-refractivity contribution in [2.45, 2.75) is 24.9 Å². The molecule has 1 saturated carbocycles. The van der Waals surface area contributed by atoms with Gasteiger partial charge in [-0.05, 0) is 24.5 Å². The Morgan fingerprint density at radius 1 is 1.25 bits per heavy atom. The Labute approximate surface area is 105 Å². The first-order chi connectivity index (χ1) is 7.84. The van der Waals surface area contributed by atoms with E-state index in [9.17, 15) is 0 Å². The van der Waals surface area contributed by atoms with Crippen LogP contribution in [0, 0.1) is 0 Å². The molecular formula is C13H17BrN2. The molecule has 0 bridgehead atoms. The zero-order valence-corrected chi connectivity index (χ0v) is 10.9. The zero-order chi connectivity index (χ0) is 11.0. The number of nitrogens with one attached hydrogen (secondary N) is 1. The summed E-state index contributed by atoms with van der Waals surface area (Å²) in [6, 6.07) is 9.93. The van der Waals surface area contributed by atoms with E-state index in [1.165, 1.54) is 29.4 Å². The lowest BCUT2D eigenvalue weighted by atomic mass is 10.0. The summed E-state index contributed by atoms with van der Waals surface area (Å²) in [5, 5.41) is 3.62. The van der Waals surface area contributed by atoms with Crippen molar-refractivity contribution in [3.63, 3.8) is 0 Å². The van der Waals surface area contributed by atoms with Crippen LogP contribution in [0.4, 0.5) is 0 Å². The predicted octanol–water partition coefficient (Wildman–Crippen LogP) is 2.56. The molecule has 1 atom stereocenters. The Kier molecular flexibility index (Phi) is 3.01. The van der Waals surface area contributed by atoms with Gasteiger partial charge < -0.3 is 5.32 Å². The Balaban J connectivity index is 1.76. The summed E-state index contributed by atoms with van der Waals surface area (Å²) in [7, 11) is 0. The molecule has 0 radical (unpaired) electrons. The molecule has 0 aromatic heterocycles. The normalized spacial score (nSPS) is 26.9. The third-order valence-electron chi connectivity index (χ3n) is 3.55. The summed E-state index contributed by atoms with van der Waals surface area (Å²) >= 11 is 3.65. The predicted molar refractivity (Wildman–Crippen MR) is 69.5 cm³/mol. The highest BCUT2D eigenvalue weighted by Crippen LogP contribution is 2.31. The lowest BCUT2D eigenvalue weighted by Crippen LogP contribution is -2.46. The van der Waals surface area contributed by atoms with Crippen molar-refractivity contribution >= 4 is 15.9 Å². The van der Waals surface area contributed by atoms with Crippen molar-refractivity contribution in [2.75, 3.05) is 19.6 Å². The van der Waals surface area contributed by atoms with Gasteiger partial charge in [-0.25, -0.2) is 0 Å². The number of piperazine rings is 1. The second kappa shape index (κ2) is 4.47. The first-order valence-corrected chi connectivity index (χ1v) is 6.86. The molecule has 1 aromatic carbocycles. The molecule has 2 nitrogen and oxygen atoms in total. The number of halogens is 1. The average Bonchev–Trinajstić information content (AvgIpc) is 3.14. The molecule has 16 heavy (non-hydrogen) atoms. The van der Waals surface area contributed by atoms with Crippen LogP contribution in [0.15, 0.2) is 28.7 Å². The van der Waals surface area contributed by atoms with Crippen molar-refractivity contribution < 1.29 is 0 Å². The fourth-order valence-electron chi connectivity index (χ4n) is 2.51. The lowest BCUT2D eigenvalue weighted by Gasteiger charge is -2.34. The van der Waals surface area contributed by atoms with Crippen molar-refractivity contribution in [2.24, 2.45) is 0 Å². The van der Waals surface area contributed by atoms with Crippen LogP contribution in [-0.4, -0.2) is 30.6 Å². The minimum atomic E-state index is 0.491. The molecule has 1 aliphatic heterocycles. The van der Waals surface area contributed by atoms with Gasteiger partial charge in [0, 0.05) is 36.2 Å². The molecule has 2 fully saturated rings. The standard InChI is InChI=1S/C13H17BrN2/c14-12-4-2-1-3-11(12)13-9-16(8-7-15-13)10-5-6-10/h1-4,10,13,15H,5-9H2. The highest BCUT2D eigenvalue weighted by Gasteiger charge is 2.33. The number of rotatable bonds is 2. The summed E-state index contributed by atoms with van der Waals surface area (Å²) in [6.45, 7) is 3.49.